The second-order valence-corrected chi connectivity index (χ2v) is 4.82. The predicted molar refractivity (Wildman–Crippen MR) is 62.1 cm³/mol. The number of hydrogen-bond acceptors (Lipinski definition) is 3. The molecule has 0 unspecified atom stereocenters. The lowest BCUT2D eigenvalue weighted by Crippen LogP contribution is -2.37. The van der Waals surface area contributed by atoms with Crippen LogP contribution in [0.1, 0.15) is 32.1 Å². The molecule has 3 heteroatoms. The summed E-state index contributed by atoms with van der Waals surface area (Å²) in [5.41, 5.74) is 0. The van der Waals surface area contributed by atoms with Gasteiger partial charge in [0, 0.05) is 19.3 Å². The molecular formula is C12H24N2O. The van der Waals surface area contributed by atoms with E-state index >= 15 is 0 Å². The van der Waals surface area contributed by atoms with Gasteiger partial charge in [-0.3, -0.25) is 0 Å². The molecule has 2 rings (SSSR count). The van der Waals surface area contributed by atoms with Crippen LogP contribution in [0.3, 0.4) is 0 Å². The molecule has 88 valence electrons. The molecule has 0 aliphatic carbocycles. The topological polar surface area (TPSA) is 33.3 Å². The Balaban J connectivity index is 1.53. The van der Waals surface area contributed by atoms with Crippen LogP contribution >= 0.6 is 0 Å². The maximum absolute atomic E-state index is 5.35. The first-order valence-electron chi connectivity index (χ1n) is 6.47. The molecule has 0 aromatic rings. The molecule has 0 bridgehead atoms. The average molecular weight is 212 g/mol. The Morgan fingerprint density at radius 2 is 1.80 bits per heavy atom. The summed E-state index contributed by atoms with van der Waals surface area (Å²) in [4.78, 5) is 0. The third-order valence-corrected chi connectivity index (χ3v) is 3.67. The maximum Gasteiger partial charge on any atom is 0.0480 e. The summed E-state index contributed by atoms with van der Waals surface area (Å²) < 4.78 is 5.35. The number of piperidine rings is 1. The van der Waals surface area contributed by atoms with Crippen LogP contribution in [-0.4, -0.2) is 38.9 Å². The van der Waals surface area contributed by atoms with Crippen molar-refractivity contribution < 1.29 is 4.74 Å². The van der Waals surface area contributed by atoms with Gasteiger partial charge in [-0.15, -0.1) is 0 Å². The lowest BCUT2D eigenvalue weighted by atomic mass is 9.94. The van der Waals surface area contributed by atoms with Crippen LogP contribution in [0.15, 0.2) is 0 Å². The summed E-state index contributed by atoms with van der Waals surface area (Å²) in [6, 6.07) is 0.723. The second kappa shape index (κ2) is 6.46. The summed E-state index contributed by atoms with van der Waals surface area (Å²) in [6.07, 6.45) is 6.50. The van der Waals surface area contributed by atoms with E-state index in [1.165, 1.54) is 51.7 Å². The zero-order valence-electron chi connectivity index (χ0n) is 9.63. The Bertz CT molecular complexity index is 145. The summed E-state index contributed by atoms with van der Waals surface area (Å²) in [7, 11) is 0. The van der Waals surface area contributed by atoms with E-state index < -0.39 is 0 Å². The molecule has 0 radical (unpaired) electrons. The van der Waals surface area contributed by atoms with E-state index in [1.807, 2.05) is 0 Å². The van der Waals surface area contributed by atoms with Crippen molar-refractivity contribution in [1.29, 1.82) is 0 Å². The Hall–Kier alpha value is -0.120. The predicted octanol–water partition coefficient (Wildman–Crippen LogP) is 1.14. The molecule has 2 N–H and O–H groups in total. The van der Waals surface area contributed by atoms with Crippen LogP contribution in [0.4, 0.5) is 0 Å². The number of rotatable bonds is 4. The van der Waals surface area contributed by atoms with Gasteiger partial charge in [-0.25, -0.2) is 0 Å². The fourth-order valence-corrected chi connectivity index (χ4v) is 2.56. The van der Waals surface area contributed by atoms with Crippen LogP contribution in [0, 0.1) is 5.92 Å². The first kappa shape index (κ1) is 11.4. The van der Waals surface area contributed by atoms with Gasteiger partial charge < -0.3 is 15.4 Å². The molecule has 15 heavy (non-hydrogen) atoms. The molecule has 0 aromatic carbocycles. The standard InChI is InChI=1S/C12H24N2O/c1-6-13-7-2-11(1)3-8-14-12-4-9-15-10-5-12/h11-14H,1-10H2. The number of ether oxygens (including phenoxy) is 1. The third-order valence-electron chi connectivity index (χ3n) is 3.67. The van der Waals surface area contributed by atoms with Gasteiger partial charge in [0.2, 0.25) is 0 Å². The Kier molecular flexibility index (Phi) is 4.90. The zero-order valence-corrected chi connectivity index (χ0v) is 9.63. The lowest BCUT2D eigenvalue weighted by Gasteiger charge is -2.26. The fraction of sp³-hybridized carbons (Fsp3) is 1.00. The smallest absolute Gasteiger partial charge is 0.0480 e. The molecule has 2 aliphatic heterocycles. The normalized spacial score (nSPS) is 25.6. The third kappa shape index (κ3) is 4.09. The van der Waals surface area contributed by atoms with Gasteiger partial charge in [-0.05, 0) is 57.7 Å². The Morgan fingerprint density at radius 1 is 1.07 bits per heavy atom. The number of nitrogens with one attached hydrogen (secondary N) is 2. The molecule has 0 aromatic heterocycles. The average Bonchev–Trinajstić information content (AvgIpc) is 2.32. The van der Waals surface area contributed by atoms with E-state index in [9.17, 15) is 0 Å². The van der Waals surface area contributed by atoms with Crippen LogP contribution in [0.2, 0.25) is 0 Å². The van der Waals surface area contributed by atoms with E-state index in [0.717, 1.165) is 25.2 Å². The van der Waals surface area contributed by atoms with Gasteiger partial charge >= 0.3 is 0 Å². The van der Waals surface area contributed by atoms with Crippen molar-refractivity contribution in [2.75, 3.05) is 32.8 Å². The molecule has 0 spiro atoms. The summed E-state index contributed by atoms with van der Waals surface area (Å²) in [5, 5.41) is 7.09. The van der Waals surface area contributed by atoms with Crippen molar-refractivity contribution in [1.82, 2.24) is 10.6 Å². The maximum atomic E-state index is 5.35. The summed E-state index contributed by atoms with van der Waals surface area (Å²) >= 11 is 0. The highest BCUT2D eigenvalue weighted by atomic mass is 16.5. The van der Waals surface area contributed by atoms with E-state index in [2.05, 4.69) is 10.6 Å². The molecule has 2 saturated heterocycles. The van der Waals surface area contributed by atoms with Crippen molar-refractivity contribution in [2.24, 2.45) is 5.92 Å². The SMILES string of the molecule is C1CC(CCNC2CCOCC2)CCN1. The molecule has 0 atom stereocenters. The van der Waals surface area contributed by atoms with Gasteiger partial charge in [-0.2, -0.15) is 0 Å². The van der Waals surface area contributed by atoms with Crippen LogP contribution < -0.4 is 10.6 Å². The van der Waals surface area contributed by atoms with Gasteiger partial charge in [0.05, 0.1) is 0 Å². The van der Waals surface area contributed by atoms with Crippen molar-refractivity contribution in [3.05, 3.63) is 0 Å². The minimum atomic E-state index is 0.723. The first-order chi connectivity index (χ1) is 7.45. The van der Waals surface area contributed by atoms with Gasteiger partial charge in [0.25, 0.3) is 0 Å². The van der Waals surface area contributed by atoms with E-state index in [1.54, 1.807) is 0 Å². The Morgan fingerprint density at radius 3 is 2.53 bits per heavy atom. The van der Waals surface area contributed by atoms with Crippen molar-refractivity contribution in [2.45, 2.75) is 38.1 Å². The largest absolute Gasteiger partial charge is 0.381 e. The summed E-state index contributed by atoms with van der Waals surface area (Å²) in [6.45, 7) is 5.55. The number of hydrogen-bond donors (Lipinski definition) is 2. The van der Waals surface area contributed by atoms with Gasteiger partial charge in [-0.1, -0.05) is 0 Å². The van der Waals surface area contributed by atoms with Crippen molar-refractivity contribution >= 4 is 0 Å². The minimum absolute atomic E-state index is 0.723. The first-order valence-corrected chi connectivity index (χ1v) is 6.47. The highest BCUT2D eigenvalue weighted by molar-refractivity contribution is 4.73. The van der Waals surface area contributed by atoms with Crippen LogP contribution in [-0.2, 0) is 4.74 Å². The lowest BCUT2D eigenvalue weighted by molar-refractivity contribution is 0.0775. The monoisotopic (exact) mass is 212 g/mol. The van der Waals surface area contributed by atoms with E-state index in [4.69, 9.17) is 4.74 Å². The molecule has 3 nitrogen and oxygen atoms in total. The molecule has 0 saturated carbocycles. The summed E-state index contributed by atoms with van der Waals surface area (Å²) in [5.74, 6) is 0.957. The molecule has 2 heterocycles. The second-order valence-electron chi connectivity index (χ2n) is 4.82. The minimum Gasteiger partial charge on any atom is -0.381 e. The van der Waals surface area contributed by atoms with Crippen LogP contribution in [0.5, 0.6) is 0 Å². The van der Waals surface area contributed by atoms with Crippen molar-refractivity contribution in [3.63, 3.8) is 0 Å². The van der Waals surface area contributed by atoms with Gasteiger partial charge in [0.1, 0.15) is 0 Å². The van der Waals surface area contributed by atoms with E-state index in [0.29, 0.717) is 0 Å². The van der Waals surface area contributed by atoms with E-state index in [-0.39, 0.29) is 0 Å². The highest BCUT2D eigenvalue weighted by Crippen LogP contribution is 2.15. The molecular weight excluding hydrogens is 188 g/mol. The molecule has 2 aliphatic rings. The van der Waals surface area contributed by atoms with Crippen LogP contribution in [0.25, 0.3) is 0 Å². The zero-order chi connectivity index (χ0) is 10.3. The molecule has 2 fully saturated rings. The highest BCUT2D eigenvalue weighted by Gasteiger charge is 2.15. The van der Waals surface area contributed by atoms with Crippen molar-refractivity contribution in [3.8, 4) is 0 Å². The Labute approximate surface area is 93.0 Å². The quantitative estimate of drug-likeness (QED) is 0.733. The molecule has 0 amide bonds. The van der Waals surface area contributed by atoms with Gasteiger partial charge in [0.15, 0.2) is 0 Å². The fourth-order valence-electron chi connectivity index (χ4n) is 2.56.